The predicted molar refractivity (Wildman–Crippen MR) is 68.9 cm³/mol. The Labute approximate surface area is 106 Å². The van der Waals surface area contributed by atoms with E-state index >= 15 is 0 Å². The minimum atomic E-state index is -3.40. The highest BCUT2D eigenvalue weighted by Gasteiger charge is 2.06. The van der Waals surface area contributed by atoms with Gasteiger partial charge in [0.1, 0.15) is 0 Å². The number of benzene rings is 1. The molecule has 0 aliphatic heterocycles. The van der Waals surface area contributed by atoms with Crippen LogP contribution < -0.4 is 10.6 Å². The lowest BCUT2D eigenvalue weighted by atomic mass is 10.1. The summed E-state index contributed by atoms with van der Waals surface area (Å²) < 4.78 is 26.2. The van der Waals surface area contributed by atoms with Gasteiger partial charge >= 0.3 is 6.03 Å². The topological polar surface area (TPSA) is 89.7 Å². The van der Waals surface area contributed by atoms with Crippen molar-refractivity contribution < 1.29 is 17.4 Å². The number of nitrogens with two attached hydrogens (primary N) is 1. The second-order valence-electron chi connectivity index (χ2n) is 3.84. The molecule has 0 saturated heterocycles. The number of hydrogen-bond acceptors (Lipinski definition) is 4. The summed E-state index contributed by atoms with van der Waals surface area (Å²) in [6, 6.07) is 6.52. The van der Waals surface area contributed by atoms with Gasteiger partial charge in [0, 0.05) is 12.7 Å². The average molecular weight is 272 g/mol. The van der Waals surface area contributed by atoms with Crippen molar-refractivity contribution in [3.63, 3.8) is 0 Å². The van der Waals surface area contributed by atoms with Crippen molar-refractivity contribution in [1.29, 1.82) is 0 Å². The van der Waals surface area contributed by atoms with Crippen LogP contribution in [0.15, 0.2) is 24.3 Å². The standard InChI is InChI=1S/C11H16N2O4S/c1-13(11(12)14)10-5-3-9(4-6-10)7-8-17-18(2,15)16/h3-6H,7-8H2,1-2H3,(H2,12,14). The first-order valence-corrected chi connectivity index (χ1v) is 7.08. The molecule has 1 rings (SSSR count). The molecule has 0 aromatic heterocycles. The van der Waals surface area contributed by atoms with E-state index in [0.29, 0.717) is 12.1 Å². The number of rotatable bonds is 5. The van der Waals surface area contributed by atoms with Crippen LogP contribution in [-0.4, -0.2) is 34.4 Å². The van der Waals surface area contributed by atoms with Gasteiger partial charge in [0.25, 0.3) is 10.1 Å². The Kier molecular flexibility index (Phi) is 4.69. The molecule has 0 unspecified atom stereocenters. The van der Waals surface area contributed by atoms with Crippen molar-refractivity contribution in [1.82, 2.24) is 0 Å². The highest BCUT2D eigenvalue weighted by molar-refractivity contribution is 7.85. The Hall–Kier alpha value is -1.60. The van der Waals surface area contributed by atoms with E-state index in [2.05, 4.69) is 4.18 Å². The van der Waals surface area contributed by atoms with E-state index in [1.165, 1.54) is 4.90 Å². The molecule has 0 spiro atoms. The fourth-order valence-corrected chi connectivity index (χ4v) is 1.71. The highest BCUT2D eigenvalue weighted by Crippen LogP contribution is 2.14. The fraction of sp³-hybridized carbons (Fsp3) is 0.364. The lowest BCUT2D eigenvalue weighted by Gasteiger charge is -2.14. The number of hydrogen-bond donors (Lipinski definition) is 1. The summed E-state index contributed by atoms with van der Waals surface area (Å²) in [5.41, 5.74) is 6.73. The minimum Gasteiger partial charge on any atom is -0.351 e. The molecule has 0 bridgehead atoms. The van der Waals surface area contributed by atoms with Gasteiger partial charge < -0.3 is 5.73 Å². The quantitative estimate of drug-likeness (QED) is 0.800. The number of carbonyl (C=O) groups excluding carboxylic acids is 1. The normalized spacial score (nSPS) is 11.2. The summed E-state index contributed by atoms with van der Waals surface area (Å²) in [5, 5.41) is 0. The molecule has 6 nitrogen and oxygen atoms in total. The van der Waals surface area contributed by atoms with Crippen LogP contribution in [-0.2, 0) is 20.7 Å². The lowest BCUT2D eigenvalue weighted by Crippen LogP contribution is -2.31. The number of nitrogens with zero attached hydrogens (tertiary/aromatic N) is 1. The van der Waals surface area contributed by atoms with Gasteiger partial charge in [-0.15, -0.1) is 0 Å². The van der Waals surface area contributed by atoms with Gasteiger partial charge in [0.05, 0.1) is 12.9 Å². The Morgan fingerprint density at radius 2 is 1.89 bits per heavy atom. The van der Waals surface area contributed by atoms with Crippen LogP contribution in [0.2, 0.25) is 0 Å². The Bertz CT molecular complexity index is 510. The van der Waals surface area contributed by atoms with E-state index in [4.69, 9.17) is 5.73 Å². The molecule has 0 atom stereocenters. The molecule has 7 heteroatoms. The third-order valence-electron chi connectivity index (χ3n) is 2.34. The van der Waals surface area contributed by atoms with E-state index < -0.39 is 16.1 Å². The van der Waals surface area contributed by atoms with Gasteiger partial charge in [-0.05, 0) is 24.1 Å². The summed E-state index contributed by atoms with van der Waals surface area (Å²) in [6.07, 6.45) is 1.49. The summed E-state index contributed by atoms with van der Waals surface area (Å²) in [6.45, 7) is 0.101. The van der Waals surface area contributed by atoms with Crippen LogP contribution in [0, 0.1) is 0 Å². The molecule has 0 aliphatic carbocycles. The van der Waals surface area contributed by atoms with Crippen LogP contribution in [0.4, 0.5) is 10.5 Å². The molecular weight excluding hydrogens is 256 g/mol. The maximum Gasteiger partial charge on any atom is 0.318 e. The maximum absolute atomic E-state index is 10.9. The van der Waals surface area contributed by atoms with Crippen molar-refractivity contribution in [3.8, 4) is 0 Å². The molecule has 0 aliphatic rings. The first kappa shape index (κ1) is 14.5. The number of primary amides is 1. The second kappa shape index (κ2) is 5.83. The predicted octanol–water partition coefficient (Wildman–Crippen LogP) is 0.720. The molecule has 0 radical (unpaired) electrons. The Balaban J connectivity index is 2.58. The lowest BCUT2D eigenvalue weighted by molar-refractivity contribution is 0.255. The van der Waals surface area contributed by atoms with E-state index in [0.717, 1.165) is 11.8 Å². The molecule has 1 aromatic rings. The minimum absolute atomic E-state index is 0.101. The zero-order valence-corrected chi connectivity index (χ0v) is 11.1. The van der Waals surface area contributed by atoms with Crippen LogP contribution in [0.1, 0.15) is 5.56 Å². The molecule has 1 aromatic carbocycles. The summed E-state index contributed by atoms with van der Waals surface area (Å²) >= 11 is 0. The largest absolute Gasteiger partial charge is 0.351 e. The number of carbonyl (C=O) groups is 1. The molecule has 2 amide bonds. The third-order valence-corrected chi connectivity index (χ3v) is 2.94. The second-order valence-corrected chi connectivity index (χ2v) is 5.48. The van der Waals surface area contributed by atoms with Gasteiger partial charge in [-0.3, -0.25) is 9.08 Å². The van der Waals surface area contributed by atoms with Crippen LogP contribution in [0.3, 0.4) is 0 Å². The molecule has 0 heterocycles. The molecule has 18 heavy (non-hydrogen) atoms. The zero-order valence-electron chi connectivity index (χ0n) is 10.3. The highest BCUT2D eigenvalue weighted by atomic mass is 32.2. The molecule has 0 saturated carbocycles. The van der Waals surface area contributed by atoms with Crippen molar-refractivity contribution in [3.05, 3.63) is 29.8 Å². The van der Waals surface area contributed by atoms with E-state index in [1.54, 1.807) is 31.3 Å². The van der Waals surface area contributed by atoms with Crippen molar-refractivity contribution in [2.75, 3.05) is 24.8 Å². The van der Waals surface area contributed by atoms with E-state index in [9.17, 15) is 13.2 Å². The van der Waals surface area contributed by atoms with E-state index in [1.807, 2.05) is 0 Å². The van der Waals surface area contributed by atoms with Crippen molar-refractivity contribution in [2.24, 2.45) is 5.73 Å². The monoisotopic (exact) mass is 272 g/mol. The van der Waals surface area contributed by atoms with Gasteiger partial charge in [0.2, 0.25) is 0 Å². The van der Waals surface area contributed by atoms with Gasteiger partial charge in [0.15, 0.2) is 0 Å². The van der Waals surface area contributed by atoms with Crippen LogP contribution in [0.5, 0.6) is 0 Å². The van der Waals surface area contributed by atoms with E-state index in [-0.39, 0.29) is 6.61 Å². The molecular formula is C11H16N2O4S. The smallest absolute Gasteiger partial charge is 0.318 e. The maximum atomic E-state index is 10.9. The molecule has 100 valence electrons. The Morgan fingerprint density at radius 1 is 1.33 bits per heavy atom. The third kappa shape index (κ3) is 4.72. The average Bonchev–Trinajstić information content (AvgIpc) is 2.27. The van der Waals surface area contributed by atoms with Crippen LogP contribution >= 0.6 is 0 Å². The van der Waals surface area contributed by atoms with Gasteiger partial charge in [-0.25, -0.2) is 4.79 Å². The summed E-state index contributed by atoms with van der Waals surface area (Å²) in [7, 11) is -1.82. The number of urea groups is 1. The van der Waals surface area contributed by atoms with Crippen LogP contribution in [0.25, 0.3) is 0 Å². The van der Waals surface area contributed by atoms with Gasteiger partial charge in [-0.1, -0.05) is 12.1 Å². The van der Waals surface area contributed by atoms with Crippen molar-refractivity contribution >= 4 is 21.8 Å². The van der Waals surface area contributed by atoms with Gasteiger partial charge in [-0.2, -0.15) is 8.42 Å². The first-order chi connectivity index (χ1) is 8.29. The summed E-state index contributed by atoms with van der Waals surface area (Å²) in [5.74, 6) is 0. The Morgan fingerprint density at radius 3 is 2.33 bits per heavy atom. The fourth-order valence-electron chi connectivity index (χ4n) is 1.32. The molecule has 2 N–H and O–H groups in total. The molecule has 0 fully saturated rings. The summed E-state index contributed by atoms with van der Waals surface area (Å²) in [4.78, 5) is 12.2. The first-order valence-electron chi connectivity index (χ1n) is 5.26. The number of amides is 2. The van der Waals surface area contributed by atoms with Crippen molar-refractivity contribution in [2.45, 2.75) is 6.42 Å². The zero-order chi connectivity index (χ0) is 13.8. The SMILES string of the molecule is CN(C(N)=O)c1ccc(CCOS(C)(=O)=O)cc1. The number of anilines is 1.